The minimum Gasteiger partial charge on any atom is -0.366 e. The highest BCUT2D eigenvalue weighted by molar-refractivity contribution is 9.10. The number of carbonyl (C=O) groups excluding carboxylic acids is 1. The van der Waals surface area contributed by atoms with Gasteiger partial charge in [-0.25, -0.2) is 3.97 Å². The molecular weight excluding hydrogens is 406 g/mol. The Morgan fingerprint density at radius 1 is 1.24 bits per heavy atom. The Bertz CT molecular complexity index is 928. The van der Waals surface area contributed by atoms with Gasteiger partial charge >= 0.3 is 10.2 Å². The Balaban J connectivity index is 2.34. The summed E-state index contributed by atoms with van der Waals surface area (Å²) in [6.07, 6.45) is 5.58. The van der Waals surface area contributed by atoms with Crippen molar-refractivity contribution < 1.29 is 13.2 Å². The molecule has 0 radical (unpaired) electrons. The molecule has 2 aromatic rings. The van der Waals surface area contributed by atoms with Crippen molar-refractivity contribution in [3.8, 4) is 0 Å². The second-order valence-corrected chi connectivity index (χ2v) is 9.43. The number of amides is 1. The van der Waals surface area contributed by atoms with E-state index in [-0.39, 0.29) is 0 Å². The number of halogens is 1. The molecule has 0 bridgehead atoms. The standard InChI is InChI=1S/C17H22BrN3O3S/c1-20(2)25(23,24)21-14-10-12(17(19)22)8-9-13(14)15(16(21)18)11-6-4-3-5-7-11/h8-11H,3-7H2,1-2H3,(H2,19,22). The maximum atomic E-state index is 12.9. The fraction of sp³-hybridized carbons (Fsp3) is 0.471. The van der Waals surface area contributed by atoms with Crippen LogP contribution >= 0.6 is 15.9 Å². The van der Waals surface area contributed by atoms with E-state index >= 15 is 0 Å². The lowest BCUT2D eigenvalue weighted by atomic mass is 9.84. The van der Waals surface area contributed by atoms with Gasteiger partial charge in [0.1, 0.15) is 4.60 Å². The predicted octanol–water partition coefficient (Wildman–Crippen LogP) is 3.20. The summed E-state index contributed by atoms with van der Waals surface area (Å²) in [6, 6.07) is 5.04. The minimum atomic E-state index is -3.74. The number of hydrogen-bond donors (Lipinski definition) is 1. The molecule has 0 unspecified atom stereocenters. The van der Waals surface area contributed by atoms with E-state index in [2.05, 4.69) is 15.9 Å². The molecule has 1 amide bonds. The van der Waals surface area contributed by atoms with Gasteiger partial charge in [0.05, 0.1) is 5.52 Å². The number of primary amides is 1. The zero-order valence-electron chi connectivity index (χ0n) is 14.3. The molecule has 3 rings (SSSR count). The van der Waals surface area contributed by atoms with Crippen LogP contribution in [0.3, 0.4) is 0 Å². The molecule has 1 saturated carbocycles. The third kappa shape index (κ3) is 3.11. The highest BCUT2D eigenvalue weighted by Crippen LogP contribution is 2.43. The summed E-state index contributed by atoms with van der Waals surface area (Å²) in [5.41, 5.74) is 7.18. The molecule has 1 aromatic heterocycles. The van der Waals surface area contributed by atoms with E-state index in [1.54, 1.807) is 12.1 Å². The van der Waals surface area contributed by atoms with Crippen LogP contribution in [0.1, 0.15) is 53.9 Å². The molecule has 1 aromatic carbocycles. The smallest absolute Gasteiger partial charge is 0.308 e. The Morgan fingerprint density at radius 2 is 1.88 bits per heavy atom. The lowest BCUT2D eigenvalue weighted by molar-refractivity contribution is 0.100. The lowest BCUT2D eigenvalue weighted by Crippen LogP contribution is -2.29. The number of nitrogens with two attached hydrogens (primary N) is 1. The van der Waals surface area contributed by atoms with Crippen molar-refractivity contribution in [1.29, 1.82) is 0 Å². The van der Waals surface area contributed by atoms with Gasteiger partial charge in [0, 0.05) is 25.0 Å². The van der Waals surface area contributed by atoms with Crippen molar-refractivity contribution in [2.45, 2.75) is 38.0 Å². The van der Waals surface area contributed by atoms with Gasteiger partial charge in [-0.05, 0) is 52.4 Å². The number of carbonyl (C=O) groups is 1. The number of benzene rings is 1. The monoisotopic (exact) mass is 427 g/mol. The van der Waals surface area contributed by atoms with Gasteiger partial charge in [0.2, 0.25) is 5.91 Å². The van der Waals surface area contributed by atoms with Gasteiger partial charge in [-0.15, -0.1) is 0 Å². The summed E-state index contributed by atoms with van der Waals surface area (Å²) in [5, 5.41) is 0.856. The van der Waals surface area contributed by atoms with Crippen molar-refractivity contribution >= 4 is 42.9 Å². The van der Waals surface area contributed by atoms with Crippen LogP contribution in [0.4, 0.5) is 0 Å². The first-order chi connectivity index (χ1) is 11.7. The van der Waals surface area contributed by atoms with E-state index in [0.29, 0.717) is 21.6 Å². The average molecular weight is 428 g/mol. The van der Waals surface area contributed by atoms with Crippen LogP contribution < -0.4 is 5.73 Å². The maximum absolute atomic E-state index is 12.9. The van der Waals surface area contributed by atoms with Gasteiger partial charge in [0.25, 0.3) is 0 Å². The highest BCUT2D eigenvalue weighted by Gasteiger charge is 2.30. The normalized spacial score (nSPS) is 16.6. The summed E-state index contributed by atoms with van der Waals surface area (Å²) < 4.78 is 28.8. The van der Waals surface area contributed by atoms with Crippen molar-refractivity contribution in [1.82, 2.24) is 8.28 Å². The molecule has 1 fully saturated rings. The Kier molecular flexibility index (Phi) is 4.96. The van der Waals surface area contributed by atoms with Crippen LogP contribution in [0.15, 0.2) is 22.8 Å². The first kappa shape index (κ1) is 18.4. The van der Waals surface area contributed by atoms with Gasteiger partial charge in [-0.1, -0.05) is 25.3 Å². The lowest BCUT2D eigenvalue weighted by Gasteiger charge is -2.22. The maximum Gasteiger partial charge on any atom is 0.308 e. The number of nitrogens with zero attached hydrogens (tertiary/aromatic N) is 2. The van der Waals surface area contributed by atoms with Crippen LogP contribution in [0.2, 0.25) is 0 Å². The van der Waals surface area contributed by atoms with Crippen molar-refractivity contribution in [2.75, 3.05) is 14.1 Å². The molecule has 0 atom stereocenters. The SMILES string of the molecule is CN(C)S(=O)(=O)n1c(Br)c(C2CCCCC2)c2ccc(C(N)=O)cc21. The van der Waals surface area contributed by atoms with E-state index in [4.69, 9.17) is 5.73 Å². The summed E-state index contributed by atoms with van der Waals surface area (Å²) in [6.45, 7) is 0. The zero-order chi connectivity index (χ0) is 18.4. The second-order valence-electron chi connectivity index (χ2n) is 6.69. The summed E-state index contributed by atoms with van der Waals surface area (Å²) in [7, 11) is -0.760. The van der Waals surface area contributed by atoms with E-state index in [9.17, 15) is 13.2 Å². The van der Waals surface area contributed by atoms with Gasteiger partial charge < -0.3 is 5.73 Å². The Morgan fingerprint density at radius 3 is 2.44 bits per heavy atom. The molecule has 2 N–H and O–H groups in total. The molecular formula is C17H22BrN3O3S. The topological polar surface area (TPSA) is 85.4 Å². The molecule has 6 nitrogen and oxygen atoms in total. The zero-order valence-corrected chi connectivity index (χ0v) is 16.7. The molecule has 1 heterocycles. The van der Waals surface area contributed by atoms with E-state index in [1.807, 2.05) is 6.07 Å². The third-order valence-corrected chi connectivity index (χ3v) is 7.68. The fourth-order valence-corrected chi connectivity index (χ4v) is 5.88. The van der Waals surface area contributed by atoms with Crippen LogP contribution in [0, 0.1) is 0 Å². The van der Waals surface area contributed by atoms with E-state index < -0.39 is 16.1 Å². The summed E-state index contributed by atoms with van der Waals surface area (Å²) in [4.78, 5) is 11.6. The van der Waals surface area contributed by atoms with Crippen molar-refractivity contribution in [2.24, 2.45) is 5.73 Å². The number of hydrogen-bond acceptors (Lipinski definition) is 3. The first-order valence-corrected chi connectivity index (χ1v) is 10.5. The first-order valence-electron chi connectivity index (χ1n) is 8.32. The Hall–Kier alpha value is -1.38. The molecule has 8 heteroatoms. The Labute approximate surface area is 156 Å². The average Bonchev–Trinajstić information content (AvgIpc) is 2.86. The van der Waals surface area contributed by atoms with Crippen molar-refractivity contribution in [3.05, 3.63) is 33.9 Å². The second kappa shape index (κ2) is 6.74. The van der Waals surface area contributed by atoms with Gasteiger partial charge in [0.15, 0.2) is 0 Å². The third-order valence-electron chi connectivity index (χ3n) is 4.90. The minimum absolute atomic E-state index is 0.294. The van der Waals surface area contributed by atoms with Gasteiger partial charge in [-0.3, -0.25) is 4.79 Å². The highest BCUT2D eigenvalue weighted by atomic mass is 79.9. The summed E-state index contributed by atoms with van der Waals surface area (Å²) >= 11 is 3.54. The van der Waals surface area contributed by atoms with Crippen LogP contribution in [0.25, 0.3) is 10.9 Å². The molecule has 0 spiro atoms. The number of fused-ring (bicyclic) bond motifs is 1. The van der Waals surface area contributed by atoms with Gasteiger partial charge in [-0.2, -0.15) is 12.7 Å². The molecule has 0 aliphatic heterocycles. The van der Waals surface area contributed by atoms with Crippen LogP contribution in [0.5, 0.6) is 0 Å². The molecule has 1 aliphatic rings. The van der Waals surface area contributed by atoms with Crippen LogP contribution in [-0.4, -0.2) is 36.7 Å². The molecule has 136 valence electrons. The molecule has 0 saturated heterocycles. The number of aromatic nitrogens is 1. The van der Waals surface area contributed by atoms with Crippen molar-refractivity contribution in [3.63, 3.8) is 0 Å². The number of rotatable bonds is 4. The fourth-order valence-electron chi connectivity index (χ4n) is 3.58. The predicted molar refractivity (Wildman–Crippen MR) is 102 cm³/mol. The van der Waals surface area contributed by atoms with E-state index in [1.165, 1.54) is 28.8 Å². The largest absolute Gasteiger partial charge is 0.366 e. The molecule has 25 heavy (non-hydrogen) atoms. The van der Waals surface area contributed by atoms with E-state index in [0.717, 1.165) is 36.6 Å². The molecule has 1 aliphatic carbocycles. The quantitative estimate of drug-likeness (QED) is 0.812. The van der Waals surface area contributed by atoms with Crippen LogP contribution in [-0.2, 0) is 10.2 Å². The summed E-state index contributed by atoms with van der Waals surface area (Å²) in [5.74, 6) is -0.268.